The van der Waals surface area contributed by atoms with Crippen LogP contribution in [0.15, 0.2) is 53.6 Å². The Balaban J connectivity index is 2.03. The molecule has 2 aliphatic rings. The Kier molecular flexibility index (Phi) is 10.00. The van der Waals surface area contributed by atoms with E-state index in [4.69, 9.17) is 11.6 Å². The number of hydrogen-bond acceptors (Lipinski definition) is 4. The molecule has 1 aliphatic carbocycles. The summed E-state index contributed by atoms with van der Waals surface area (Å²) in [6.45, 7) is 5.55. The van der Waals surface area contributed by atoms with Crippen LogP contribution in [0.5, 0.6) is 0 Å². The molecule has 12 heteroatoms. The van der Waals surface area contributed by atoms with E-state index in [1.165, 1.54) is 6.08 Å². The van der Waals surface area contributed by atoms with Crippen LogP contribution in [0.4, 0.5) is 14.5 Å². The minimum atomic E-state index is -3.91. The van der Waals surface area contributed by atoms with Crippen LogP contribution in [0, 0.1) is 11.6 Å². The Morgan fingerprint density at radius 2 is 1.81 bits per heavy atom. The smallest absolute Gasteiger partial charge is 0.280 e. The molecule has 1 saturated heterocycles. The summed E-state index contributed by atoms with van der Waals surface area (Å²) in [5.74, 6) is -3.53. The summed E-state index contributed by atoms with van der Waals surface area (Å²) in [5.41, 5.74) is -0.284. The highest BCUT2D eigenvalue weighted by Gasteiger charge is 2.38. The summed E-state index contributed by atoms with van der Waals surface area (Å²) in [6, 6.07) is 0.738. The lowest BCUT2D eigenvalue weighted by molar-refractivity contribution is -0.125. The molecule has 2 N–H and O–H groups in total. The minimum absolute atomic E-state index is 0.0000967. The van der Waals surface area contributed by atoms with E-state index in [1.54, 1.807) is 19.1 Å². The molecular weight excluding hydrogens is 526 g/mol. The minimum Gasteiger partial charge on any atom is -0.351 e. The summed E-state index contributed by atoms with van der Waals surface area (Å²) in [5, 5.41) is 2.96. The fraction of sp³-hybridized carbons (Fsp3) is 0.440. The molecule has 0 bridgehead atoms. The van der Waals surface area contributed by atoms with Crippen molar-refractivity contribution in [2.24, 2.45) is 0 Å². The highest BCUT2D eigenvalue weighted by Crippen LogP contribution is 2.29. The van der Waals surface area contributed by atoms with Crippen LogP contribution in [0.3, 0.4) is 0 Å². The van der Waals surface area contributed by atoms with Crippen molar-refractivity contribution in [1.82, 2.24) is 14.3 Å². The van der Waals surface area contributed by atoms with Crippen LogP contribution in [0.1, 0.15) is 39.0 Å². The van der Waals surface area contributed by atoms with Crippen LogP contribution < -0.4 is 14.9 Å². The molecule has 0 unspecified atom stereocenters. The number of benzene rings is 1. The molecule has 3 rings (SSSR count). The summed E-state index contributed by atoms with van der Waals surface area (Å²) in [4.78, 5) is 27.9. The third-order valence-corrected chi connectivity index (χ3v) is 8.00. The van der Waals surface area contributed by atoms with Gasteiger partial charge in [0.05, 0.1) is 12.2 Å². The molecule has 1 saturated carbocycles. The van der Waals surface area contributed by atoms with Gasteiger partial charge in [0.15, 0.2) is 0 Å². The Morgan fingerprint density at radius 3 is 2.38 bits per heavy atom. The number of rotatable bonds is 11. The average Bonchev–Trinajstić information content (AvgIpc) is 3.70. The van der Waals surface area contributed by atoms with E-state index >= 15 is 0 Å². The van der Waals surface area contributed by atoms with Gasteiger partial charge in [-0.25, -0.2) is 8.78 Å². The van der Waals surface area contributed by atoms with Gasteiger partial charge in [0.2, 0.25) is 11.8 Å². The van der Waals surface area contributed by atoms with Gasteiger partial charge in [-0.05, 0) is 43.5 Å². The summed E-state index contributed by atoms with van der Waals surface area (Å²) < 4.78 is 56.3. The molecular formula is C25H31ClF2N4O4S. The fourth-order valence-electron chi connectivity index (χ4n) is 4.10. The first-order valence-corrected chi connectivity index (χ1v) is 13.9. The number of halogens is 3. The molecule has 2 amide bonds. The summed E-state index contributed by atoms with van der Waals surface area (Å²) in [7, 11) is -3.91. The molecule has 0 aromatic heterocycles. The predicted octanol–water partition coefficient (Wildman–Crippen LogP) is 3.52. The molecule has 0 radical (unpaired) electrons. The van der Waals surface area contributed by atoms with Crippen LogP contribution >= 0.6 is 11.6 Å². The Bertz CT molecular complexity index is 1170. The van der Waals surface area contributed by atoms with Crippen molar-refractivity contribution >= 4 is 39.3 Å². The summed E-state index contributed by atoms with van der Waals surface area (Å²) in [6.07, 6.45) is 9.16. The lowest BCUT2D eigenvalue weighted by atomic mass is 9.94. The second-order valence-corrected chi connectivity index (χ2v) is 11.1. The van der Waals surface area contributed by atoms with Crippen molar-refractivity contribution in [2.45, 2.75) is 51.1 Å². The van der Waals surface area contributed by atoms with Crippen molar-refractivity contribution in [1.29, 1.82) is 0 Å². The van der Waals surface area contributed by atoms with Crippen LogP contribution in [0.2, 0.25) is 0 Å². The lowest BCUT2D eigenvalue weighted by Gasteiger charge is -2.34. The van der Waals surface area contributed by atoms with Crippen LogP contribution in [-0.2, 0) is 19.8 Å². The van der Waals surface area contributed by atoms with Gasteiger partial charge in [0.25, 0.3) is 10.2 Å². The zero-order valence-electron chi connectivity index (χ0n) is 20.6. The first-order chi connectivity index (χ1) is 17.5. The highest BCUT2D eigenvalue weighted by atomic mass is 35.5. The van der Waals surface area contributed by atoms with E-state index in [2.05, 4.69) is 16.6 Å². The normalized spacial score (nSPS) is 18.0. The number of allylic oxidation sites excluding steroid dienone is 3. The van der Waals surface area contributed by atoms with Gasteiger partial charge >= 0.3 is 0 Å². The molecule has 1 aromatic rings. The summed E-state index contributed by atoms with van der Waals surface area (Å²) >= 11 is 6.42. The molecule has 0 spiro atoms. The molecule has 37 heavy (non-hydrogen) atoms. The van der Waals surface area contributed by atoms with Crippen LogP contribution in [0.25, 0.3) is 0 Å². The number of amides is 2. The van der Waals surface area contributed by atoms with Gasteiger partial charge in [0.1, 0.15) is 17.7 Å². The Hall–Kier alpha value is -2.60. The van der Waals surface area contributed by atoms with E-state index in [1.807, 2.05) is 0 Å². The average molecular weight is 557 g/mol. The van der Waals surface area contributed by atoms with Gasteiger partial charge in [-0.15, -0.1) is 0 Å². The second-order valence-electron chi connectivity index (χ2n) is 8.93. The molecule has 1 aromatic carbocycles. The number of carbonyl (C=O) groups excluding carboxylic acids is 2. The van der Waals surface area contributed by atoms with E-state index in [9.17, 15) is 26.8 Å². The number of anilines is 1. The van der Waals surface area contributed by atoms with Crippen LogP contribution in [-0.4, -0.2) is 56.3 Å². The van der Waals surface area contributed by atoms with E-state index in [0.717, 1.165) is 53.4 Å². The molecule has 1 aliphatic heterocycles. The largest absolute Gasteiger partial charge is 0.351 e. The third-order valence-electron chi connectivity index (χ3n) is 6.08. The first-order valence-electron chi connectivity index (χ1n) is 12.0. The van der Waals surface area contributed by atoms with Gasteiger partial charge in [-0.2, -0.15) is 17.4 Å². The molecule has 202 valence electrons. The standard InChI is InChI=1S/C25H31ClF2N4O4S/c1-3-4-10-22(26)17(2)24(25(34)30-20-8-6-5-7-9-20)32(21-14-18(27)13-19(28)15-21)23(33)16-29-37(35,36)31-11-12-31/h3-4,10,13-15,20,24,29H,2,5-9,11-12,16H2,1H3,(H,30,34)/b4-3-,22-10+/t24-/m0/s1. The molecule has 2 fully saturated rings. The zero-order chi connectivity index (χ0) is 27.2. The number of hydrogen-bond donors (Lipinski definition) is 2. The first kappa shape index (κ1) is 29.0. The maximum absolute atomic E-state index is 14.2. The monoisotopic (exact) mass is 556 g/mol. The maximum Gasteiger partial charge on any atom is 0.280 e. The lowest BCUT2D eigenvalue weighted by Crippen LogP contribution is -2.55. The molecule has 1 atom stereocenters. The van der Waals surface area contributed by atoms with Crippen molar-refractivity contribution in [3.8, 4) is 0 Å². The van der Waals surface area contributed by atoms with E-state index < -0.39 is 46.2 Å². The zero-order valence-corrected chi connectivity index (χ0v) is 22.1. The number of nitrogens with zero attached hydrogens (tertiary/aromatic N) is 2. The van der Waals surface area contributed by atoms with E-state index in [-0.39, 0.29) is 22.3 Å². The van der Waals surface area contributed by atoms with E-state index in [0.29, 0.717) is 19.2 Å². The van der Waals surface area contributed by atoms with Crippen molar-refractivity contribution < 1.29 is 26.8 Å². The third kappa shape index (κ3) is 7.94. The highest BCUT2D eigenvalue weighted by molar-refractivity contribution is 7.87. The van der Waals surface area contributed by atoms with Crippen molar-refractivity contribution in [3.05, 3.63) is 65.2 Å². The topological polar surface area (TPSA) is 98.6 Å². The quantitative estimate of drug-likeness (QED) is 0.322. The van der Waals surface area contributed by atoms with Gasteiger partial charge < -0.3 is 5.32 Å². The number of carbonyl (C=O) groups is 2. The number of nitrogens with one attached hydrogen (secondary N) is 2. The van der Waals surface area contributed by atoms with Crippen molar-refractivity contribution in [3.63, 3.8) is 0 Å². The van der Waals surface area contributed by atoms with Gasteiger partial charge in [0, 0.05) is 30.2 Å². The SMILES string of the molecule is C=C(/C(Cl)=C\C=C/C)[C@@H](C(=O)NC1CCCCC1)N(C(=O)CNS(=O)(=O)N1CC1)c1cc(F)cc(F)c1. The molecule has 1 heterocycles. The Labute approximate surface area is 221 Å². The maximum atomic E-state index is 14.2. The second kappa shape index (κ2) is 12.8. The fourth-order valence-corrected chi connectivity index (χ4v) is 5.33. The molecule has 8 nitrogen and oxygen atoms in total. The predicted molar refractivity (Wildman–Crippen MR) is 139 cm³/mol. The van der Waals surface area contributed by atoms with Gasteiger partial charge in [-0.3, -0.25) is 14.5 Å². The van der Waals surface area contributed by atoms with Gasteiger partial charge in [-0.1, -0.05) is 49.6 Å². The van der Waals surface area contributed by atoms with Crippen molar-refractivity contribution in [2.75, 3.05) is 24.5 Å². The Morgan fingerprint density at radius 1 is 1.19 bits per heavy atom.